The number of hydrogen-bond donors (Lipinski definition) is 2. The van der Waals surface area contributed by atoms with Crippen molar-refractivity contribution in [1.82, 2.24) is 10.6 Å². The maximum absolute atomic E-state index is 14.0. The van der Waals surface area contributed by atoms with E-state index in [9.17, 15) is 9.18 Å². The fourth-order valence-corrected chi connectivity index (χ4v) is 2.46. The molecule has 0 aliphatic carbocycles. The number of carbonyl (C=O) groups excluding carboxylic acids is 1. The van der Waals surface area contributed by atoms with Gasteiger partial charge in [0.25, 0.3) is 5.91 Å². The van der Waals surface area contributed by atoms with Crippen molar-refractivity contribution in [3.63, 3.8) is 0 Å². The molecule has 21 heavy (non-hydrogen) atoms. The summed E-state index contributed by atoms with van der Waals surface area (Å²) >= 11 is 0. The highest BCUT2D eigenvalue weighted by molar-refractivity contribution is 5.95. The molecule has 2 N–H and O–H groups in total. The Morgan fingerprint density at radius 3 is 2.71 bits per heavy atom. The molecule has 0 radical (unpaired) electrons. The Balaban J connectivity index is 2.04. The average Bonchev–Trinajstić information content (AvgIpc) is 2.53. The molecule has 0 bridgehead atoms. The van der Waals surface area contributed by atoms with Crippen LogP contribution >= 0.6 is 0 Å². The normalized spacial score (nSPS) is 18.1. The van der Waals surface area contributed by atoms with Crippen LogP contribution in [-0.4, -0.2) is 39.8 Å². The van der Waals surface area contributed by atoms with Crippen LogP contribution in [0.5, 0.6) is 11.5 Å². The number of methoxy groups -OCH3 is 2. The van der Waals surface area contributed by atoms with Crippen LogP contribution in [0, 0.1) is 11.7 Å². The van der Waals surface area contributed by atoms with E-state index in [0.717, 1.165) is 32.0 Å². The maximum Gasteiger partial charge on any atom is 0.254 e. The summed E-state index contributed by atoms with van der Waals surface area (Å²) in [6, 6.07) is 2.53. The summed E-state index contributed by atoms with van der Waals surface area (Å²) in [6.45, 7) is 2.45. The van der Waals surface area contributed by atoms with Gasteiger partial charge in [-0.05, 0) is 37.9 Å². The van der Waals surface area contributed by atoms with Crippen LogP contribution in [0.2, 0.25) is 0 Å². The molecule has 6 heteroatoms. The first-order valence-electron chi connectivity index (χ1n) is 7.06. The van der Waals surface area contributed by atoms with Crippen molar-refractivity contribution in [3.8, 4) is 11.5 Å². The van der Waals surface area contributed by atoms with Crippen LogP contribution < -0.4 is 20.1 Å². The fraction of sp³-hybridized carbons (Fsp3) is 0.533. The lowest BCUT2D eigenvalue weighted by atomic mass is 9.99. The molecule has 1 aliphatic heterocycles. The maximum atomic E-state index is 14.0. The van der Waals surface area contributed by atoms with E-state index in [1.807, 2.05) is 0 Å². The molecular weight excluding hydrogens is 275 g/mol. The van der Waals surface area contributed by atoms with Crippen molar-refractivity contribution in [2.75, 3.05) is 33.9 Å². The van der Waals surface area contributed by atoms with E-state index in [2.05, 4.69) is 10.6 Å². The van der Waals surface area contributed by atoms with Gasteiger partial charge in [0.2, 0.25) is 0 Å². The standard InChI is InChI=1S/C15H21FN2O3/c1-20-13-6-11(12(16)7-14(13)21-2)15(19)18-9-10-4-3-5-17-8-10/h6-7,10,17H,3-5,8-9H2,1-2H3,(H,18,19). The summed E-state index contributed by atoms with van der Waals surface area (Å²) < 4.78 is 24.1. The van der Waals surface area contributed by atoms with E-state index in [4.69, 9.17) is 9.47 Å². The van der Waals surface area contributed by atoms with E-state index >= 15 is 0 Å². The number of halogens is 1. The number of ether oxygens (including phenoxy) is 2. The lowest BCUT2D eigenvalue weighted by Gasteiger charge is -2.23. The molecule has 1 saturated heterocycles. The highest BCUT2D eigenvalue weighted by atomic mass is 19.1. The van der Waals surface area contributed by atoms with E-state index in [1.54, 1.807) is 0 Å². The molecule has 1 atom stereocenters. The van der Waals surface area contributed by atoms with Gasteiger partial charge >= 0.3 is 0 Å². The molecule has 1 amide bonds. The Morgan fingerprint density at radius 2 is 2.10 bits per heavy atom. The second kappa shape index (κ2) is 7.26. The first kappa shape index (κ1) is 15.6. The molecule has 1 aliphatic rings. The Labute approximate surface area is 123 Å². The van der Waals surface area contributed by atoms with Gasteiger partial charge in [0.1, 0.15) is 5.82 Å². The molecule has 0 saturated carbocycles. The number of benzene rings is 1. The first-order valence-corrected chi connectivity index (χ1v) is 7.06. The SMILES string of the molecule is COc1cc(F)c(C(=O)NCC2CCCNC2)cc1OC. The number of nitrogens with one attached hydrogen (secondary N) is 2. The van der Waals surface area contributed by atoms with Crippen molar-refractivity contribution in [1.29, 1.82) is 0 Å². The van der Waals surface area contributed by atoms with E-state index in [0.29, 0.717) is 18.2 Å². The molecule has 1 aromatic carbocycles. The Morgan fingerprint density at radius 1 is 1.38 bits per heavy atom. The van der Waals surface area contributed by atoms with Crippen LogP contribution in [0.15, 0.2) is 12.1 Å². The zero-order valence-electron chi connectivity index (χ0n) is 12.4. The zero-order chi connectivity index (χ0) is 15.2. The van der Waals surface area contributed by atoms with Crippen LogP contribution in [0.1, 0.15) is 23.2 Å². The highest BCUT2D eigenvalue weighted by Crippen LogP contribution is 2.29. The van der Waals surface area contributed by atoms with Gasteiger partial charge in [-0.3, -0.25) is 4.79 Å². The van der Waals surface area contributed by atoms with Gasteiger partial charge in [-0.1, -0.05) is 0 Å². The van der Waals surface area contributed by atoms with E-state index in [-0.39, 0.29) is 11.3 Å². The van der Waals surface area contributed by atoms with Crippen LogP contribution in [0.3, 0.4) is 0 Å². The number of carbonyl (C=O) groups is 1. The molecule has 1 fully saturated rings. The molecule has 0 aromatic heterocycles. The van der Waals surface area contributed by atoms with Gasteiger partial charge in [-0.25, -0.2) is 4.39 Å². The van der Waals surface area contributed by atoms with Gasteiger partial charge in [-0.15, -0.1) is 0 Å². The van der Waals surface area contributed by atoms with E-state index < -0.39 is 11.7 Å². The number of rotatable bonds is 5. The van der Waals surface area contributed by atoms with Crippen molar-refractivity contribution >= 4 is 5.91 Å². The molecule has 5 nitrogen and oxygen atoms in total. The minimum absolute atomic E-state index is 0.0311. The van der Waals surface area contributed by atoms with Gasteiger partial charge in [0.05, 0.1) is 19.8 Å². The van der Waals surface area contributed by atoms with Crippen molar-refractivity contribution < 1.29 is 18.7 Å². The topological polar surface area (TPSA) is 59.6 Å². The first-order chi connectivity index (χ1) is 10.2. The summed E-state index contributed by atoms with van der Waals surface area (Å²) in [6.07, 6.45) is 2.17. The van der Waals surface area contributed by atoms with Gasteiger partial charge in [0.15, 0.2) is 11.5 Å². The molecule has 1 heterocycles. The molecule has 1 aromatic rings. The summed E-state index contributed by atoms with van der Waals surface area (Å²) in [5, 5.41) is 6.06. The summed E-state index contributed by atoms with van der Waals surface area (Å²) in [5.74, 6) is -0.0525. The number of piperidine rings is 1. The largest absolute Gasteiger partial charge is 0.493 e. The lowest BCUT2D eigenvalue weighted by Crippen LogP contribution is -2.38. The van der Waals surface area contributed by atoms with Crippen LogP contribution in [0.4, 0.5) is 4.39 Å². The zero-order valence-corrected chi connectivity index (χ0v) is 12.4. The third-order valence-electron chi connectivity index (χ3n) is 3.67. The molecular formula is C15H21FN2O3. The highest BCUT2D eigenvalue weighted by Gasteiger charge is 2.19. The predicted molar refractivity (Wildman–Crippen MR) is 77.4 cm³/mol. The minimum Gasteiger partial charge on any atom is -0.493 e. The lowest BCUT2D eigenvalue weighted by molar-refractivity contribution is 0.0940. The molecule has 116 valence electrons. The second-order valence-corrected chi connectivity index (χ2v) is 5.11. The molecule has 0 spiro atoms. The third kappa shape index (κ3) is 3.85. The fourth-order valence-electron chi connectivity index (χ4n) is 2.46. The molecule has 2 rings (SSSR count). The van der Waals surface area contributed by atoms with Crippen LogP contribution in [0.25, 0.3) is 0 Å². The Kier molecular flexibility index (Phi) is 5.38. The Hall–Kier alpha value is -1.82. The van der Waals surface area contributed by atoms with Gasteiger partial charge in [0, 0.05) is 12.6 Å². The van der Waals surface area contributed by atoms with Crippen molar-refractivity contribution in [2.24, 2.45) is 5.92 Å². The Bertz CT molecular complexity index is 502. The van der Waals surface area contributed by atoms with Gasteiger partial charge in [-0.2, -0.15) is 0 Å². The second-order valence-electron chi connectivity index (χ2n) is 5.11. The number of hydrogen-bond acceptors (Lipinski definition) is 4. The van der Waals surface area contributed by atoms with Crippen molar-refractivity contribution in [2.45, 2.75) is 12.8 Å². The predicted octanol–water partition coefficient (Wildman–Crippen LogP) is 1.57. The third-order valence-corrected chi connectivity index (χ3v) is 3.67. The average molecular weight is 296 g/mol. The summed E-state index contributed by atoms with van der Waals surface area (Å²) in [5.41, 5.74) is -0.0311. The van der Waals surface area contributed by atoms with Gasteiger partial charge < -0.3 is 20.1 Å². The number of amides is 1. The summed E-state index contributed by atoms with van der Waals surface area (Å²) in [7, 11) is 2.87. The molecule has 1 unspecified atom stereocenters. The smallest absolute Gasteiger partial charge is 0.254 e. The van der Waals surface area contributed by atoms with Crippen LogP contribution in [-0.2, 0) is 0 Å². The minimum atomic E-state index is -0.619. The summed E-state index contributed by atoms with van der Waals surface area (Å²) in [4.78, 5) is 12.1. The quantitative estimate of drug-likeness (QED) is 0.866. The monoisotopic (exact) mass is 296 g/mol. The van der Waals surface area contributed by atoms with Crippen molar-refractivity contribution in [3.05, 3.63) is 23.5 Å². The van der Waals surface area contributed by atoms with E-state index in [1.165, 1.54) is 20.3 Å².